The van der Waals surface area contributed by atoms with E-state index in [1.807, 2.05) is 73.3 Å². The van der Waals surface area contributed by atoms with E-state index in [9.17, 15) is 9.00 Å². The number of carbonyl (C=O) groups excluding carboxylic acids is 1. The zero-order valence-corrected chi connectivity index (χ0v) is 24.6. The minimum atomic E-state index is -1.29. The Labute approximate surface area is 242 Å². The first kappa shape index (κ1) is 28.2. The number of ether oxygens (including phenoxy) is 1. The zero-order valence-electron chi connectivity index (χ0n) is 23.8. The number of carbonyl (C=O) groups is 1. The highest BCUT2D eigenvalue weighted by molar-refractivity contribution is 7.85. The first-order chi connectivity index (χ1) is 19.6. The Balaban J connectivity index is 1.31. The van der Waals surface area contributed by atoms with Crippen LogP contribution in [0.25, 0.3) is 10.9 Å². The number of fused-ring (bicyclic) bond motifs is 1. The Morgan fingerprint density at radius 1 is 1.05 bits per heavy atom. The number of anilines is 1. The summed E-state index contributed by atoms with van der Waals surface area (Å²) in [5.41, 5.74) is 3.94. The van der Waals surface area contributed by atoms with Crippen molar-refractivity contribution in [2.75, 3.05) is 5.32 Å². The largest absolute Gasteiger partial charge is 0.456 e. The van der Waals surface area contributed by atoms with Crippen LogP contribution < -0.4 is 10.1 Å². The molecule has 1 amide bonds. The van der Waals surface area contributed by atoms with E-state index >= 15 is 0 Å². The molecule has 0 saturated heterocycles. The Bertz CT molecular complexity index is 1730. The Kier molecular flexibility index (Phi) is 7.99. The average molecular weight is 568 g/mol. The van der Waals surface area contributed by atoms with Gasteiger partial charge in [0.05, 0.1) is 45.4 Å². The molecule has 0 aliphatic heterocycles. The summed E-state index contributed by atoms with van der Waals surface area (Å²) in [6, 6.07) is 16.9. The Hall–Kier alpha value is -4.37. The van der Waals surface area contributed by atoms with Crippen LogP contribution in [0.4, 0.5) is 5.69 Å². The summed E-state index contributed by atoms with van der Waals surface area (Å²) >= 11 is 0. The van der Waals surface area contributed by atoms with Crippen molar-refractivity contribution in [2.24, 2.45) is 0 Å². The summed E-state index contributed by atoms with van der Waals surface area (Å²) in [4.78, 5) is 22.0. The molecule has 3 aromatic heterocycles. The molecule has 0 radical (unpaired) electrons. The van der Waals surface area contributed by atoms with Crippen molar-refractivity contribution in [1.29, 1.82) is 0 Å². The van der Waals surface area contributed by atoms with Gasteiger partial charge >= 0.3 is 0 Å². The van der Waals surface area contributed by atoms with Gasteiger partial charge in [-0.15, -0.1) is 0 Å². The van der Waals surface area contributed by atoms with E-state index in [4.69, 9.17) is 4.74 Å². The van der Waals surface area contributed by atoms with Gasteiger partial charge in [0.15, 0.2) is 0 Å². The lowest BCUT2D eigenvalue weighted by atomic mass is 10.1. The average Bonchev–Trinajstić information content (AvgIpc) is 3.43. The predicted molar refractivity (Wildman–Crippen MR) is 162 cm³/mol. The number of aryl methyl sites for hydroxylation is 1. The van der Waals surface area contributed by atoms with Gasteiger partial charge in [-0.05, 0) is 87.7 Å². The van der Waals surface area contributed by atoms with Gasteiger partial charge in [0.2, 0.25) is 5.91 Å². The molecule has 2 aromatic carbocycles. The molecule has 2 atom stereocenters. The number of hydrogen-bond donors (Lipinski definition) is 1. The zero-order chi connectivity index (χ0) is 29.1. The number of pyridine rings is 2. The fourth-order valence-corrected chi connectivity index (χ4v) is 5.69. The third-order valence-corrected chi connectivity index (χ3v) is 8.39. The van der Waals surface area contributed by atoms with Crippen molar-refractivity contribution >= 4 is 33.3 Å². The van der Waals surface area contributed by atoms with Crippen LogP contribution in [0.1, 0.15) is 49.6 Å². The molecule has 41 heavy (non-hydrogen) atoms. The van der Waals surface area contributed by atoms with Gasteiger partial charge in [-0.2, -0.15) is 5.10 Å². The van der Waals surface area contributed by atoms with Crippen LogP contribution in [0.2, 0.25) is 0 Å². The van der Waals surface area contributed by atoms with Crippen LogP contribution in [-0.2, 0) is 27.6 Å². The van der Waals surface area contributed by atoms with E-state index in [0.29, 0.717) is 22.1 Å². The second-order valence-electron chi connectivity index (χ2n) is 11.0. The summed E-state index contributed by atoms with van der Waals surface area (Å²) in [5.74, 6) is 1.17. The molecule has 0 aliphatic rings. The molecule has 1 N–H and O–H groups in total. The summed E-state index contributed by atoms with van der Waals surface area (Å²) in [7, 11) is -1.29. The van der Waals surface area contributed by atoms with Gasteiger partial charge in [-0.1, -0.05) is 18.2 Å². The molecule has 5 aromatic rings. The van der Waals surface area contributed by atoms with Crippen molar-refractivity contribution in [1.82, 2.24) is 19.7 Å². The number of rotatable bonds is 8. The molecule has 2 unspecified atom stereocenters. The first-order valence-electron chi connectivity index (χ1n) is 13.4. The van der Waals surface area contributed by atoms with Crippen LogP contribution in [-0.4, -0.2) is 29.9 Å². The van der Waals surface area contributed by atoms with E-state index < -0.39 is 10.8 Å². The molecular formula is C32H33N5O3S. The van der Waals surface area contributed by atoms with Crippen LogP contribution in [0, 0.1) is 6.92 Å². The monoisotopic (exact) mass is 567 g/mol. The van der Waals surface area contributed by atoms with Gasteiger partial charge in [-0.25, -0.2) is 0 Å². The predicted octanol–water partition coefficient (Wildman–Crippen LogP) is 6.73. The minimum absolute atomic E-state index is 0.118. The highest BCUT2D eigenvalue weighted by Gasteiger charge is 2.18. The molecule has 3 heterocycles. The van der Waals surface area contributed by atoms with Crippen LogP contribution in [0.5, 0.6) is 11.5 Å². The van der Waals surface area contributed by atoms with E-state index in [1.54, 1.807) is 30.9 Å². The smallest absolute Gasteiger partial charge is 0.228 e. The summed E-state index contributed by atoms with van der Waals surface area (Å²) in [6.07, 6.45) is 8.87. The summed E-state index contributed by atoms with van der Waals surface area (Å²) < 4.78 is 21.5. The maximum Gasteiger partial charge on any atom is 0.228 e. The Morgan fingerprint density at radius 2 is 1.88 bits per heavy atom. The number of hydrogen-bond acceptors (Lipinski definition) is 6. The van der Waals surface area contributed by atoms with E-state index in [0.717, 1.165) is 27.6 Å². The quantitative estimate of drug-likeness (QED) is 0.223. The van der Waals surface area contributed by atoms with Crippen molar-refractivity contribution < 1.29 is 13.7 Å². The molecule has 0 aliphatic carbocycles. The third kappa shape index (κ3) is 6.52. The lowest BCUT2D eigenvalue weighted by molar-refractivity contribution is -0.115. The topological polar surface area (TPSA) is 99.0 Å². The SMILES string of the molecule is Cc1cc(CC(=O)Nc2cnn(C(C)(C)C)c2)ccc1Oc1ccnc2ccc(S(=O)C(C)c3cccnc3)cc12. The maximum absolute atomic E-state index is 13.4. The minimum Gasteiger partial charge on any atom is -0.456 e. The normalized spacial score (nSPS) is 13.1. The fraction of sp³-hybridized carbons (Fsp3) is 0.250. The number of amides is 1. The van der Waals surface area contributed by atoms with Crippen molar-refractivity contribution in [3.05, 3.63) is 102 Å². The Morgan fingerprint density at radius 3 is 2.59 bits per heavy atom. The number of aromatic nitrogens is 4. The summed E-state index contributed by atoms with van der Waals surface area (Å²) in [5, 5.41) is 7.81. The molecule has 0 spiro atoms. The summed E-state index contributed by atoms with van der Waals surface area (Å²) in [6.45, 7) is 10.0. The lowest BCUT2D eigenvalue weighted by Gasteiger charge is -2.18. The second-order valence-corrected chi connectivity index (χ2v) is 12.8. The first-order valence-corrected chi connectivity index (χ1v) is 14.6. The third-order valence-electron chi connectivity index (χ3n) is 6.76. The molecule has 8 nitrogen and oxygen atoms in total. The van der Waals surface area contributed by atoms with Gasteiger partial charge < -0.3 is 10.1 Å². The number of nitrogens with zero attached hydrogens (tertiary/aromatic N) is 4. The fourth-order valence-electron chi connectivity index (χ4n) is 4.46. The van der Waals surface area contributed by atoms with Crippen LogP contribution in [0.15, 0.2) is 90.5 Å². The highest BCUT2D eigenvalue weighted by Crippen LogP contribution is 2.34. The molecule has 0 fully saturated rings. The van der Waals surface area contributed by atoms with Crippen LogP contribution in [0.3, 0.4) is 0 Å². The second kappa shape index (κ2) is 11.6. The van der Waals surface area contributed by atoms with Crippen molar-refractivity contribution in [3.63, 3.8) is 0 Å². The van der Waals surface area contributed by atoms with E-state index in [-0.39, 0.29) is 23.1 Å². The van der Waals surface area contributed by atoms with E-state index in [2.05, 4.69) is 41.2 Å². The maximum atomic E-state index is 13.4. The highest BCUT2D eigenvalue weighted by atomic mass is 32.2. The molecule has 9 heteroatoms. The van der Waals surface area contributed by atoms with Gasteiger partial charge in [-0.3, -0.25) is 23.7 Å². The van der Waals surface area contributed by atoms with E-state index in [1.165, 1.54) is 0 Å². The molecule has 0 bridgehead atoms. The van der Waals surface area contributed by atoms with Crippen molar-refractivity contribution in [3.8, 4) is 11.5 Å². The molecule has 0 saturated carbocycles. The van der Waals surface area contributed by atoms with Gasteiger partial charge in [0.1, 0.15) is 11.5 Å². The molecule has 210 valence electrons. The molecule has 5 rings (SSSR count). The van der Waals surface area contributed by atoms with Crippen LogP contribution >= 0.6 is 0 Å². The standard InChI is InChI=1S/C32H33N5O3S/c1-21-15-23(16-31(38)36-25-19-35-37(20-25)32(3,4)5)8-11-29(21)40-30-12-14-34-28-10-9-26(17-27(28)30)41(39)22(2)24-7-6-13-33-18-24/h6-15,17-20,22H,16H2,1-5H3,(H,36,38). The number of benzene rings is 2. The van der Waals surface area contributed by atoms with Gasteiger partial charge in [0.25, 0.3) is 0 Å². The molecular weight excluding hydrogens is 534 g/mol. The van der Waals surface area contributed by atoms with Crippen molar-refractivity contribution in [2.45, 2.75) is 56.7 Å². The van der Waals surface area contributed by atoms with Gasteiger partial charge in [0, 0.05) is 35.1 Å². The number of nitrogens with one attached hydrogen (secondary N) is 1. The lowest BCUT2D eigenvalue weighted by Crippen LogP contribution is -2.22.